The van der Waals surface area contributed by atoms with Gasteiger partial charge in [-0.1, -0.05) is 19.1 Å². The second-order valence-corrected chi connectivity index (χ2v) is 5.22. The summed E-state index contributed by atoms with van der Waals surface area (Å²) in [5, 5.41) is 13.4. The Kier molecular flexibility index (Phi) is 4.98. The van der Waals surface area contributed by atoms with Crippen molar-refractivity contribution >= 4 is 11.6 Å². The highest BCUT2D eigenvalue weighted by Crippen LogP contribution is 2.20. The molecule has 0 bridgehead atoms. The fraction of sp³-hybridized carbons (Fsp3) is 0.533. The predicted octanol–water partition coefficient (Wildman–Crippen LogP) is 1.52. The topological polar surface area (TPSA) is 79.9 Å². The lowest BCUT2D eigenvalue weighted by atomic mass is 9.95. The van der Waals surface area contributed by atoms with Crippen molar-refractivity contribution in [2.75, 3.05) is 25.1 Å². The van der Waals surface area contributed by atoms with Gasteiger partial charge in [0.1, 0.15) is 0 Å². The maximum Gasteiger partial charge on any atom is 0.193 e. The monoisotopic (exact) mass is 277 g/mol. The Morgan fingerprint density at radius 3 is 2.90 bits per heavy atom. The number of rotatable bonds is 4. The highest BCUT2D eigenvalue weighted by Gasteiger charge is 2.29. The van der Waals surface area contributed by atoms with Crippen molar-refractivity contribution < 1.29 is 9.84 Å². The number of aliphatic hydroxyl groups is 1. The van der Waals surface area contributed by atoms with Crippen molar-refractivity contribution in [3.63, 3.8) is 0 Å². The van der Waals surface area contributed by atoms with Crippen LogP contribution in [-0.4, -0.2) is 36.4 Å². The van der Waals surface area contributed by atoms with Crippen molar-refractivity contribution in [1.82, 2.24) is 0 Å². The molecule has 0 aliphatic carbocycles. The number of nitrogens with one attached hydrogen (secondary N) is 1. The molecule has 1 aromatic carbocycles. The predicted molar refractivity (Wildman–Crippen MR) is 80.9 cm³/mol. The fourth-order valence-corrected chi connectivity index (χ4v) is 2.20. The molecule has 0 saturated carbocycles. The lowest BCUT2D eigenvalue weighted by Crippen LogP contribution is -2.40. The van der Waals surface area contributed by atoms with E-state index in [1.165, 1.54) is 5.56 Å². The smallest absolute Gasteiger partial charge is 0.193 e. The van der Waals surface area contributed by atoms with Crippen LogP contribution >= 0.6 is 0 Å². The number of anilines is 1. The molecule has 1 fully saturated rings. The van der Waals surface area contributed by atoms with Gasteiger partial charge in [0.15, 0.2) is 5.96 Å². The summed E-state index contributed by atoms with van der Waals surface area (Å²) in [6.07, 6.45) is 2.19. The Hall–Kier alpha value is -1.59. The Bertz CT molecular complexity index is 468. The summed E-state index contributed by atoms with van der Waals surface area (Å²) < 4.78 is 5.24. The molecule has 4 N–H and O–H groups in total. The minimum absolute atomic E-state index is 0.308. The number of nitrogens with two attached hydrogens (primary N) is 1. The lowest BCUT2D eigenvalue weighted by Gasteiger charge is -2.30. The Morgan fingerprint density at radius 1 is 1.45 bits per heavy atom. The van der Waals surface area contributed by atoms with Crippen molar-refractivity contribution in [1.29, 1.82) is 0 Å². The Morgan fingerprint density at radius 2 is 2.20 bits per heavy atom. The zero-order valence-electron chi connectivity index (χ0n) is 11.9. The van der Waals surface area contributed by atoms with Crippen molar-refractivity contribution in [3.8, 4) is 0 Å². The number of hydrogen-bond donors (Lipinski definition) is 3. The van der Waals surface area contributed by atoms with Gasteiger partial charge in [0.05, 0.1) is 12.1 Å². The molecule has 2 rings (SSSR count). The molecular weight excluding hydrogens is 254 g/mol. The first-order valence-corrected chi connectivity index (χ1v) is 7.07. The van der Waals surface area contributed by atoms with Crippen LogP contribution in [0.25, 0.3) is 0 Å². The van der Waals surface area contributed by atoms with Gasteiger partial charge in [-0.3, -0.25) is 4.99 Å². The van der Waals surface area contributed by atoms with Gasteiger partial charge >= 0.3 is 0 Å². The third-order valence-corrected chi connectivity index (χ3v) is 3.57. The summed E-state index contributed by atoms with van der Waals surface area (Å²) in [6.45, 7) is 3.58. The second kappa shape index (κ2) is 6.72. The maximum absolute atomic E-state index is 10.3. The average molecular weight is 277 g/mol. The second-order valence-electron chi connectivity index (χ2n) is 5.22. The molecule has 1 heterocycles. The molecule has 0 spiro atoms. The van der Waals surface area contributed by atoms with Crippen LogP contribution in [0.5, 0.6) is 0 Å². The molecule has 0 radical (unpaired) electrons. The van der Waals surface area contributed by atoms with Crippen LogP contribution in [0.1, 0.15) is 25.3 Å². The third-order valence-electron chi connectivity index (χ3n) is 3.57. The molecule has 5 heteroatoms. The van der Waals surface area contributed by atoms with Crippen LogP contribution in [0.3, 0.4) is 0 Å². The average Bonchev–Trinajstić information content (AvgIpc) is 2.46. The molecular formula is C15H23N3O2. The summed E-state index contributed by atoms with van der Waals surface area (Å²) in [5.41, 5.74) is 7.25. The first-order valence-electron chi connectivity index (χ1n) is 7.07. The Balaban J connectivity index is 1.93. The minimum Gasteiger partial charge on any atom is -0.388 e. The fourth-order valence-electron chi connectivity index (χ4n) is 2.20. The first kappa shape index (κ1) is 14.8. The van der Waals surface area contributed by atoms with Gasteiger partial charge in [-0.25, -0.2) is 0 Å². The van der Waals surface area contributed by atoms with Crippen molar-refractivity contribution in [3.05, 3.63) is 29.8 Å². The van der Waals surface area contributed by atoms with Gasteiger partial charge in [-0.2, -0.15) is 0 Å². The molecule has 1 saturated heterocycles. The van der Waals surface area contributed by atoms with Gasteiger partial charge in [0, 0.05) is 31.7 Å². The maximum atomic E-state index is 10.3. The number of aryl methyl sites for hydroxylation is 1. The molecule has 1 aliphatic rings. The van der Waals surface area contributed by atoms with E-state index < -0.39 is 5.60 Å². The van der Waals surface area contributed by atoms with Crippen LogP contribution in [-0.2, 0) is 11.2 Å². The van der Waals surface area contributed by atoms with Crippen molar-refractivity contribution in [2.24, 2.45) is 10.7 Å². The largest absolute Gasteiger partial charge is 0.388 e. The number of aliphatic imine (C=N–C) groups is 1. The van der Waals surface area contributed by atoms with Crippen LogP contribution in [0.2, 0.25) is 0 Å². The number of hydrogen-bond acceptors (Lipinski definition) is 3. The normalized spacial score (nSPS) is 18.8. The van der Waals surface area contributed by atoms with Crippen LogP contribution in [0.4, 0.5) is 5.69 Å². The molecule has 1 aliphatic heterocycles. The molecule has 0 aromatic heterocycles. The van der Waals surface area contributed by atoms with Gasteiger partial charge in [-0.15, -0.1) is 0 Å². The zero-order valence-corrected chi connectivity index (χ0v) is 11.9. The molecule has 0 atom stereocenters. The molecule has 5 nitrogen and oxygen atoms in total. The minimum atomic E-state index is -0.782. The molecule has 1 aromatic rings. The summed E-state index contributed by atoms with van der Waals surface area (Å²) in [7, 11) is 0. The van der Waals surface area contributed by atoms with Crippen molar-refractivity contribution in [2.45, 2.75) is 31.8 Å². The highest BCUT2D eigenvalue weighted by atomic mass is 16.5. The Labute approximate surface area is 119 Å². The van der Waals surface area contributed by atoms with E-state index in [9.17, 15) is 5.11 Å². The van der Waals surface area contributed by atoms with E-state index in [1.807, 2.05) is 18.2 Å². The van der Waals surface area contributed by atoms with E-state index in [4.69, 9.17) is 10.5 Å². The summed E-state index contributed by atoms with van der Waals surface area (Å²) in [6, 6.07) is 8.06. The zero-order chi connectivity index (χ0) is 14.4. The standard InChI is InChI=1S/C15H23N3O2/c1-2-12-4-3-5-13(10-12)18-14(16)17-11-15(19)6-8-20-9-7-15/h3-5,10,19H,2,6-9,11H2,1H3,(H3,16,17,18). The van der Waals surface area contributed by atoms with E-state index in [1.54, 1.807) is 0 Å². The highest BCUT2D eigenvalue weighted by molar-refractivity contribution is 5.92. The number of nitrogens with zero attached hydrogens (tertiary/aromatic N) is 1. The lowest BCUT2D eigenvalue weighted by molar-refractivity contribution is -0.0565. The van der Waals surface area contributed by atoms with Gasteiger partial charge < -0.3 is 20.9 Å². The first-order chi connectivity index (χ1) is 9.61. The number of ether oxygens (including phenoxy) is 1. The summed E-state index contributed by atoms with van der Waals surface area (Å²) in [4.78, 5) is 4.25. The SMILES string of the molecule is CCc1cccc(NC(N)=NCC2(O)CCOCC2)c1. The molecule has 0 amide bonds. The van der Waals surface area contributed by atoms with Crippen LogP contribution < -0.4 is 11.1 Å². The number of guanidine groups is 1. The van der Waals surface area contributed by atoms with E-state index >= 15 is 0 Å². The van der Waals surface area contributed by atoms with Crippen LogP contribution in [0, 0.1) is 0 Å². The third kappa shape index (κ3) is 4.21. The van der Waals surface area contributed by atoms with Crippen LogP contribution in [0.15, 0.2) is 29.3 Å². The van der Waals surface area contributed by atoms with Gasteiger partial charge in [0.25, 0.3) is 0 Å². The number of benzene rings is 1. The van der Waals surface area contributed by atoms with Gasteiger partial charge in [-0.05, 0) is 24.1 Å². The van der Waals surface area contributed by atoms with Gasteiger partial charge in [0.2, 0.25) is 0 Å². The molecule has 20 heavy (non-hydrogen) atoms. The molecule has 0 unspecified atom stereocenters. The quantitative estimate of drug-likeness (QED) is 0.576. The van der Waals surface area contributed by atoms with E-state index in [0.29, 0.717) is 38.6 Å². The van der Waals surface area contributed by atoms with E-state index in [-0.39, 0.29) is 0 Å². The summed E-state index contributed by atoms with van der Waals surface area (Å²) >= 11 is 0. The summed E-state index contributed by atoms with van der Waals surface area (Å²) in [5.74, 6) is 0.332. The van der Waals surface area contributed by atoms with E-state index in [0.717, 1.165) is 12.1 Å². The molecule has 110 valence electrons. The van der Waals surface area contributed by atoms with E-state index in [2.05, 4.69) is 23.3 Å².